The lowest BCUT2D eigenvalue weighted by Gasteiger charge is -2.09. The topological polar surface area (TPSA) is 0 Å². The van der Waals surface area contributed by atoms with Gasteiger partial charge in [-0.15, -0.1) is 0 Å². The molecule has 0 aromatic heterocycles. The molecule has 0 amide bonds. The first kappa shape index (κ1) is 18.7. The average Bonchev–Trinajstić information content (AvgIpc) is 2.41. The molecular formula is C19H36. The van der Waals surface area contributed by atoms with E-state index in [9.17, 15) is 0 Å². The number of allylic oxidation sites excluding steroid dienone is 2. The molecule has 0 rings (SSSR count). The fourth-order valence-electron chi connectivity index (χ4n) is 2.43. The predicted octanol–water partition coefficient (Wildman–Crippen LogP) is 6.77. The fraction of sp³-hybridized carbons (Fsp3) is 0.789. The van der Waals surface area contributed by atoms with Gasteiger partial charge in [-0.25, -0.2) is 0 Å². The summed E-state index contributed by atoms with van der Waals surface area (Å²) in [6, 6.07) is 0. The highest BCUT2D eigenvalue weighted by Crippen LogP contribution is 2.16. The van der Waals surface area contributed by atoms with Gasteiger partial charge in [0.25, 0.3) is 0 Å². The standard InChI is InChI=1S/C19H36/c1-5-7-9-11-15-19(4)17-13-10-12-16-18(3)14-8-6-2/h10,13,18-19H,1-2,5-9,11-12,14-17H2,3-4H3. The van der Waals surface area contributed by atoms with Crippen molar-refractivity contribution in [1.82, 2.24) is 0 Å². The quantitative estimate of drug-likeness (QED) is 0.254. The van der Waals surface area contributed by atoms with Gasteiger partial charge in [0.05, 0.1) is 0 Å². The Kier molecular flexibility index (Phi) is 14.0. The Labute approximate surface area is 123 Å². The average molecular weight is 264 g/mol. The van der Waals surface area contributed by atoms with Gasteiger partial charge < -0.3 is 0 Å². The molecule has 0 aliphatic carbocycles. The van der Waals surface area contributed by atoms with Crippen molar-refractivity contribution >= 4 is 0 Å². The first-order valence-electron chi connectivity index (χ1n) is 8.44. The summed E-state index contributed by atoms with van der Waals surface area (Å²) in [7, 11) is 0. The third kappa shape index (κ3) is 14.0. The molecule has 0 heterocycles. The van der Waals surface area contributed by atoms with Crippen LogP contribution in [0.15, 0.2) is 12.2 Å². The van der Waals surface area contributed by atoms with Crippen LogP contribution in [0.3, 0.4) is 0 Å². The Morgan fingerprint density at radius 1 is 0.737 bits per heavy atom. The van der Waals surface area contributed by atoms with E-state index >= 15 is 0 Å². The van der Waals surface area contributed by atoms with E-state index in [0.717, 1.165) is 24.7 Å². The van der Waals surface area contributed by atoms with E-state index in [0.29, 0.717) is 0 Å². The van der Waals surface area contributed by atoms with E-state index in [2.05, 4.69) is 39.8 Å². The molecule has 0 fully saturated rings. The minimum Gasteiger partial charge on any atom is -0.0885 e. The van der Waals surface area contributed by atoms with Crippen molar-refractivity contribution in [3.05, 3.63) is 26.0 Å². The Hall–Kier alpha value is -0.260. The molecule has 112 valence electrons. The molecule has 0 bridgehead atoms. The minimum atomic E-state index is 0.852. The second kappa shape index (κ2) is 14.2. The van der Waals surface area contributed by atoms with Gasteiger partial charge in [0.1, 0.15) is 0 Å². The third-order valence-electron chi connectivity index (χ3n) is 3.93. The van der Waals surface area contributed by atoms with Gasteiger partial charge >= 0.3 is 0 Å². The zero-order chi connectivity index (χ0) is 14.3. The lowest BCUT2D eigenvalue weighted by molar-refractivity contribution is 0.478. The van der Waals surface area contributed by atoms with Crippen molar-refractivity contribution in [1.29, 1.82) is 0 Å². The van der Waals surface area contributed by atoms with Crippen LogP contribution in [0.1, 0.15) is 84.5 Å². The van der Waals surface area contributed by atoms with E-state index in [-0.39, 0.29) is 0 Å². The van der Waals surface area contributed by atoms with Crippen molar-refractivity contribution in [2.45, 2.75) is 84.5 Å². The van der Waals surface area contributed by atoms with Gasteiger partial charge in [-0.1, -0.05) is 91.2 Å². The maximum absolute atomic E-state index is 3.91. The third-order valence-corrected chi connectivity index (χ3v) is 3.93. The van der Waals surface area contributed by atoms with Crippen molar-refractivity contribution in [3.8, 4) is 0 Å². The zero-order valence-corrected chi connectivity index (χ0v) is 13.5. The van der Waals surface area contributed by atoms with Gasteiger partial charge in [0, 0.05) is 0 Å². The molecule has 2 unspecified atom stereocenters. The molecule has 0 heteroatoms. The maximum Gasteiger partial charge on any atom is -0.0325 e. The highest BCUT2D eigenvalue weighted by molar-refractivity contribution is 4.83. The Morgan fingerprint density at radius 3 is 2.11 bits per heavy atom. The fourth-order valence-corrected chi connectivity index (χ4v) is 2.43. The van der Waals surface area contributed by atoms with E-state index in [1.54, 1.807) is 0 Å². The van der Waals surface area contributed by atoms with Gasteiger partial charge in [0.2, 0.25) is 0 Å². The highest BCUT2D eigenvalue weighted by Gasteiger charge is 2.00. The molecular weight excluding hydrogens is 228 g/mol. The van der Waals surface area contributed by atoms with Crippen molar-refractivity contribution in [2.24, 2.45) is 11.8 Å². The summed E-state index contributed by atoms with van der Waals surface area (Å²) in [4.78, 5) is 0. The van der Waals surface area contributed by atoms with Gasteiger partial charge in [0.15, 0.2) is 0 Å². The minimum absolute atomic E-state index is 0.852. The SMILES string of the molecule is [CH2]CCCCCC(C)CC=CCCC(C)CCC[CH2]. The molecule has 19 heavy (non-hydrogen) atoms. The molecule has 0 aliphatic heterocycles. The van der Waals surface area contributed by atoms with Crippen LogP contribution in [0.4, 0.5) is 0 Å². The van der Waals surface area contributed by atoms with Gasteiger partial charge in [-0.2, -0.15) is 0 Å². The Balaban J connectivity index is 3.40. The van der Waals surface area contributed by atoms with E-state index in [1.165, 1.54) is 57.8 Å². The molecule has 0 aromatic rings. The van der Waals surface area contributed by atoms with Crippen LogP contribution in [0.5, 0.6) is 0 Å². The molecule has 0 saturated carbocycles. The van der Waals surface area contributed by atoms with Crippen molar-refractivity contribution in [2.75, 3.05) is 0 Å². The second-order valence-electron chi connectivity index (χ2n) is 6.19. The monoisotopic (exact) mass is 264 g/mol. The summed E-state index contributed by atoms with van der Waals surface area (Å²) in [5.41, 5.74) is 0. The Bertz CT molecular complexity index is 192. The molecule has 0 saturated heterocycles. The number of hydrogen-bond donors (Lipinski definition) is 0. The molecule has 2 atom stereocenters. The van der Waals surface area contributed by atoms with Crippen LogP contribution < -0.4 is 0 Å². The first-order chi connectivity index (χ1) is 9.20. The summed E-state index contributed by atoms with van der Waals surface area (Å²) in [5, 5.41) is 0. The summed E-state index contributed by atoms with van der Waals surface area (Å²) in [6.07, 6.45) is 18.9. The van der Waals surface area contributed by atoms with Gasteiger partial charge in [-0.05, 0) is 31.1 Å². The summed E-state index contributed by atoms with van der Waals surface area (Å²) in [5.74, 6) is 1.72. The van der Waals surface area contributed by atoms with Gasteiger partial charge in [-0.3, -0.25) is 0 Å². The molecule has 0 aliphatic rings. The molecule has 2 radical (unpaired) electrons. The lowest BCUT2D eigenvalue weighted by atomic mass is 9.97. The lowest BCUT2D eigenvalue weighted by Crippen LogP contribution is -1.94. The maximum atomic E-state index is 3.91. The number of rotatable bonds is 13. The largest absolute Gasteiger partial charge is 0.0885 e. The van der Waals surface area contributed by atoms with Crippen LogP contribution >= 0.6 is 0 Å². The number of hydrogen-bond acceptors (Lipinski definition) is 0. The van der Waals surface area contributed by atoms with Crippen LogP contribution in [0.2, 0.25) is 0 Å². The molecule has 0 nitrogen and oxygen atoms in total. The molecule has 0 spiro atoms. The van der Waals surface area contributed by atoms with Crippen LogP contribution in [-0.4, -0.2) is 0 Å². The Morgan fingerprint density at radius 2 is 1.42 bits per heavy atom. The van der Waals surface area contributed by atoms with Crippen LogP contribution in [-0.2, 0) is 0 Å². The smallest absolute Gasteiger partial charge is 0.0325 e. The summed E-state index contributed by atoms with van der Waals surface area (Å²) in [6.45, 7) is 12.5. The van der Waals surface area contributed by atoms with E-state index < -0.39 is 0 Å². The van der Waals surface area contributed by atoms with Crippen LogP contribution in [0, 0.1) is 25.7 Å². The molecule has 0 N–H and O–H groups in total. The number of unbranched alkanes of at least 4 members (excludes halogenated alkanes) is 4. The predicted molar refractivity (Wildman–Crippen MR) is 89.0 cm³/mol. The highest BCUT2D eigenvalue weighted by atomic mass is 14.1. The van der Waals surface area contributed by atoms with E-state index in [1.807, 2.05) is 0 Å². The van der Waals surface area contributed by atoms with E-state index in [4.69, 9.17) is 0 Å². The second-order valence-corrected chi connectivity index (χ2v) is 6.19. The summed E-state index contributed by atoms with van der Waals surface area (Å²) >= 11 is 0. The molecule has 0 aromatic carbocycles. The van der Waals surface area contributed by atoms with Crippen molar-refractivity contribution in [3.63, 3.8) is 0 Å². The zero-order valence-electron chi connectivity index (χ0n) is 13.5. The first-order valence-corrected chi connectivity index (χ1v) is 8.44. The van der Waals surface area contributed by atoms with Crippen molar-refractivity contribution < 1.29 is 0 Å². The van der Waals surface area contributed by atoms with Crippen LogP contribution in [0.25, 0.3) is 0 Å². The normalized spacial score (nSPS) is 14.9. The summed E-state index contributed by atoms with van der Waals surface area (Å²) < 4.78 is 0.